The Bertz CT molecular complexity index is 478. The first kappa shape index (κ1) is 15.4. The zero-order chi connectivity index (χ0) is 13.9. The van der Waals surface area contributed by atoms with Crippen molar-refractivity contribution >= 4 is 50.4 Å². The molecule has 0 saturated carbocycles. The van der Waals surface area contributed by atoms with Crippen molar-refractivity contribution in [3.63, 3.8) is 0 Å². The topological polar surface area (TPSA) is 57.6 Å². The highest BCUT2D eigenvalue weighted by Crippen LogP contribution is 2.21. The summed E-state index contributed by atoms with van der Waals surface area (Å²) in [6, 6.07) is 4.58. The Morgan fingerprint density at radius 3 is 2.61 bits per heavy atom. The summed E-state index contributed by atoms with van der Waals surface area (Å²) in [4.78, 5) is 24.6. The van der Waals surface area contributed by atoms with E-state index < -0.39 is 12.0 Å². The second kappa shape index (κ2) is 6.51. The third-order valence-corrected chi connectivity index (χ3v) is 3.98. The van der Waals surface area contributed by atoms with Crippen molar-refractivity contribution in [1.82, 2.24) is 4.90 Å². The smallest absolute Gasteiger partial charge is 0.326 e. The Morgan fingerprint density at radius 2 is 2.11 bits per heavy atom. The molecule has 1 aromatic rings. The molecule has 1 rings (SSSR count). The number of amides is 1. The minimum absolute atomic E-state index is 0.297. The van der Waals surface area contributed by atoms with E-state index in [9.17, 15) is 9.59 Å². The summed E-state index contributed by atoms with van der Waals surface area (Å²) in [5.74, 6) is -1.29. The molecule has 0 radical (unpaired) electrons. The molecule has 98 valence electrons. The number of nitrogens with zero attached hydrogens (tertiary/aromatic N) is 1. The number of halogens is 2. The van der Waals surface area contributed by atoms with Gasteiger partial charge in [-0.3, -0.25) is 4.79 Å². The first-order valence-electron chi connectivity index (χ1n) is 5.33. The Balaban J connectivity index is 3.06. The lowest BCUT2D eigenvalue weighted by Crippen LogP contribution is -2.42. The van der Waals surface area contributed by atoms with E-state index >= 15 is 0 Å². The molecule has 0 spiro atoms. The quantitative estimate of drug-likeness (QED) is 0.754. The Morgan fingerprint density at radius 1 is 1.50 bits per heavy atom. The van der Waals surface area contributed by atoms with Gasteiger partial charge in [-0.2, -0.15) is 0 Å². The molecule has 1 unspecified atom stereocenters. The summed E-state index contributed by atoms with van der Waals surface area (Å²) in [5.41, 5.74) is 0.476. The third-order valence-electron chi connectivity index (χ3n) is 2.62. The molecule has 6 heteroatoms. The van der Waals surface area contributed by atoms with Crippen LogP contribution in [0.15, 0.2) is 22.7 Å². The average molecular weight is 426 g/mol. The van der Waals surface area contributed by atoms with Crippen LogP contribution in [-0.4, -0.2) is 35.0 Å². The van der Waals surface area contributed by atoms with Crippen molar-refractivity contribution in [1.29, 1.82) is 0 Å². The number of rotatable bonds is 4. The summed E-state index contributed by atoms with van der Waals surface area (Å²) in [7, 11) is 1.51. The lowest BCUT2D eigenvalue weighted by Gasteiger charge is -2.24. The lowest BCUT2D eigenvalue weighted by molar-refractivity contribution is -0.142. The van der Waals surface area contributed by atoms with Gasteiger partial charge >= 0.3 is 5.97 Å². The zero-order valence-electron chi connectivity index (χ0n) is 9.98. The number of aliphatic carboxylic acids is 1. The van der Waals surface area contributed by atoms with E-state index in [4.69, 9.17) is 5.11 Å². The van der Waals surface area contributed by atoms with Gasteiger partial charge in [-0.25, -0.2) is 4.79 Å². The molecule has 0 aliphatic rings. The molecule has 0 aromatic heterocycles. The van der Waals surface area contributed by atoms with Crippen molar-refractivity contribution in [3.05, 3.63) is 31.8 Å². The van der Waals surface area contributed by atoms with E-state index in [1.54, 1.807) is 19.1 Å². The molecule has 4 nitrogen and oxygen atoms in total. The average Bonchev–Trinajstić information content (AvgIpc) is 2.31. The molecule has 1 N–H and O–H groups in total. The molecule has 18 heavy (non-hydrogen) atoms. The van der Waals surface area contributed by atoms with Gasteiger partial charge in [-0.05, 0) is 63.1 Å². The molecule has 0 fully saturated rings. The standard InChI is InChI=1S/C12H13BrINO3/c1-3-10(12(17)18)15(2)11(16)8-6-7(14)4-5-9(8)13/h4-6,10H,3H2,1-2H3,(H,17,18). The van der Waals surface area contributed by atoms with Crippen LogP contribution in [0.1, 0.15) is 23.7 Å². The van der Waals surface area contributed by atoms with Crippen molar-refractivity contribution in [3.8, 4) is 0 Å². The minimum Gasteiger partial charge on any atom is -0.480 e. The number of carbonyl (C=O) groups is 2. The van der Waals surface area contributed by atoms with E-state index in [2.05, 4.69) is 38.5 Å². The summed E-state index contributed by atoms with van der Waals surface area (Å²) in [6.45, 7) is 1.74. The Hall–Kier alpha value is -0.630. The van der Waals surface area contributed by atoms with E-state index in [0.717, 1.165) is 3.57 Å². The predicted octanol–water partition coefficient (Wildman–Crippen LogP) is 2.99. The van der Waals surface area contributed by atoms with Crippen LogP contribution in [0.25, 0.3) is 0 Å². The molecule has 1 atom stereocenters. The Labute approximate surface area is 128 Å². The summed E-state index contributed by atoms with van der Waals surface area (Å²) in [5, 5.41) is 9.06. The molecular formula is C12H13BrINO3. The molecule has 0 bridgehead atoms. The number of carboxylic acids is 1. The highest BCUT2D eigenvalue weighted by Gasteiger charge is 2.26. The Kier molecular flexibility index (Phi) is 5.58. The van der Waals surface area contributed by atoms with Crippen molar-refractivity contribution in [2.24, 2.45) is 0 Å². The molecular weight excluding hydrogens is 413 g/mol. The van der Waals surface area contributed by atoms with Gasteiger partial charge in [0.2, 0.25) is 0 Å². The largest absolute Gasteiger partial charge is 0.480 e. The van der Waals surface area contributed by atoms with E-state index in [-0.39, 0.29) is 5.91 Å². The minimum atomic E-state index is -0.991. The third kappa shape index (κ3) is 3.44. The van der Waals surface area contributed by atoms with E-state index in [1.165, 1.54) is 11.9 Å². The van der Waals surface area contributed by atoms with Gasteiger partial charge in [0.15, 0.2) is 0 Å². The van der Waals surface area contributed by atoms with Gasteiger partial charge in [0.1, 0.15) is 6.04 Å². The number of hydrogen-bond donors (Lipinski definition) is 1. The van der Waals surface area contributed by atoms with Crippen molar-refractivity contribution < 1.29 is 14.7 Å². The monoisotopic (exact) mass is 425 g/mol. The molecule has 1 aromatic carbocycles. The molecule has 0 aliphatic carbocycles. The number of benzene rings is 1. The summed E-state index contributed by atoms with van der Waals surface area (Å²) in [6.07, 6.45) is 0.374. The number of carboxylic acid groups (broad SMARTS) is 1. The predicted molar refractivity (Wildman–Crippen MR) is 80.7 cm³/mol. The first-order valence-corrected chi connectivity index (χ1v) is 7.20. The molecule has 0 heterocycles. The molecule has 0 saturated heterocycles. The number of hydrogen-bond acceptors (Lipinski definition) is 2. The second-order valence-corrected chi connectivity index (χ2v) is 5.90. The SMILES string of the molecule is CCC(C(=O)O)N(C)C(=O)c1cc(I)ccc1Br. The van der Waals surface area contributed by atoms with Crippen LogP contribution in [0.4, 0.5) is 0 Å². The number of likely N-dealkylation sites (N-methyl/N-ethyl adjacent to an activating group) is 1. The maximum atomic E-state index is 12.3. The van der Waals surface area contributed by atoms with Crippen molar-refractivity contribution in [2.45, 2.75) is 19.4 Å². The van der Waals surface area contributed by atoms with Crippen LogP contribution in [0.5, 0.6) is 0 Å². The van der Waals surface area contributed by atoms with Gasteiger partial charge in [0.25, 0.3) is 5.91 Å². The fourth-order valence-electron chi connectivity index (χ4n) is 1.61. The molecule has 0 aliphatic heterocycles. The fourth-order valence-corrected chi connectivity index (χ4v) is 2.51. The van der Waals surface area contributed by atoms with Crippen LogP contribution in [0.3, 0.4) is 0 Å². The fraction of sp³-hybridized carbons (Fsp3) is 0.333. The van der Waals surface area contributed by atoms with E-state index in [0.29, 0.717) is 16.5 Å². The van der Waals surface area contributed by atoms with Gasteiger partial charge < -0.3 is 10.0 Å². The van der Waals surface area contributed by atoms with Crippen LogP contribution in [0, 0.1) is 3.57 Å². The first-order chi connectivity index (χ1) is 8.38. The van der Waals surface area contributed by atoms with Gasteiger partial charge in [-0.1, -0.05) is 6.92 Å². The highest BCUT2D eigenvalue weighted by molar-refractivity contribution is 14.1. The maximum absolute atomic E-state index is 12.3. The van der Waals surface area contributed by atoms with Crippen LogP contribution in [0.2, 0.25) is 0 Å². The second-order valence-electron chi connectivity index (χ2n) is 3.80. The summed E-state index contributed by atoms with van der Waals surface area (Å²) >= 11 is 5.42. The lowest BCUT2D eigenvalue weighted by atomic mass is 10.1. The maximum Gasteiger partial charge on any atom is 0.326 e. The van der Waals surface area contributed by atoms with E-state index in [1.807, 2.05) is 6.07 Å². The zero-order valence-corrected chi connectivity index (χ0v) is 13.7. The number of carbonyl (C=O) groups excluding carboxylic acids is 1. The summed E-state index contributed by atoms with van der Waals surface area (Å²) < 4.78 is 1.59. The van der Waals surface area contributed by atoms with Crippen LogP contribution >= 0.6 is 38.5 Å². The molecule has 1 amide bonds. The van der Waals surface area contributed by atoms with Crippen molar-refractivity contribution in [2.75, 3.05) is 7.05 Å². The van der Waals surface area contributed by atoms with Crippen LogP contribution < -0.4 is 0 Å². The highest BCUT2D eigenvalue weighted by atomic mass is 127. The van der Waals surface area contributed by atoms with Gasteiger partial charge in [-0.15, -0.1) is 0 Å². The van der Waals surface area contributed by atoms with Gasteiger partial charge in [0, 0.05) is 15.1 Å². The van der Waals surface area contributed by atoms with Crippen LogP contribution in [-0.2, 0) is 4.79 Å². The van der Waals surface area contributed by atoms with Gasteiger partial charge in [0.05, 0.1) is 5.56 Å². The normalized spacial score (nSPS) is 12.0.